The number of rotatable bonds is 6. The molecule has 5 heteroatoms. The van der Waals surface area contributed by atoms with E-state index in [1.807, 2.05) is 13.8 Å². The quantitative estimate of drug-likeness (QED) is 0.832. The molecule has 0 aliphatic heterocycles. The van der Waals surface area contributed by atoms with Crippen LogP contribution in [0.25, 0.3) is 0 Å². The van der Waals surface area contributed by atoms with Gasteiger partial charge in [-0.2, -0.15) is 5.26 Å². The average Bonchev–Trinajstić information content (AvgIpc) is 2.35. The van der Waals surface area contributed by atoms with Gasteiger partial charge in [0.15, 0.2) is 0 Å². The van der Waals surface area contributed by atoms with Crippen molar-refractivity contribution in [2.45, 2.75) is 32.9 Å². The highest BCUT2D eigenvalue weighted by atomic mass is 19.1. The first-order valence-electron chi connectivity index (χ1n) is 6.21. The Kier molecular flexibility index (Phi) is 5.87. The first-order valence-corrected chi connectivity index (χ1v) is 6.21. The van der Waals surface area contributed by atoms with E-state index in [1.54, 1.807) is 6.07 Å². The van der Waals surface area contributed by atoms with Crippen molar-refractivity contribution < 1.29 is 13.9 Å². The molecule has 1 atom stereocenters. The molecule has 0 aliphatic carbocycles. The highest BCUT2D eigenvalue weighted by molar-refractivity contribution is 5.34. The standard InChI is InChI=1S/C14H18F2N2O/c1-9(2)14(3-4-19)18-8-11-12(15)5-10(7-17)6-13(11)16/h5-6,9,14,18-19H,3-4,8H2,1-2H3. The van der Waals surface area contributed by atoms with Gasteiger partial charge in [-0.15, -0.1) is 0 Å². The van der Waals surface area contributed by atoms with E-state index in [-0.39, 0.29) is 36.2 Å². The molecule has 0 amide bonds. The van der Waals surface area contributed by atoms with Crippen LogP contribution in [0.4, 0.5) is 8.78 Å². The smallest absolute Gasteiger partial charge is 0.131 e. The number of nitriles is 1. The minimum absolute atomic E-state index is 0.0144. The van der Waals surface area contributed by atoms with Gasteiger partial charge in [0.2, 0.25) is 0 Å². The Morgan fingerprint density at radius 3 is 2.32 bits per heavy atom. The molecule has 1 unspecified atom stereocenters. The highest BCUT2D eigenvalue weighted by Gasteiger charge is 2.16. The zero-order valence-corrected chi connectivity index (χ0v) is 11.1. The second-order valence-corrected chi connectivity index (χ2v) is 4.77. The van der Waals surface area contributed by atoms with Crippen molar-refractivity contribution in [2.24, 2.45) is 5.92 Å². The fourth-order valence-corrected chi connectivity index (χ4v) is 1.88. The van der Waals surface area contributed by atoms with E-state index >= 15 is 0 Å². The predicted molar refractivity (Wildman–Crippen MR) is 68.2 cm³/mol. The number of aliphatic hydroxyl groups excluding tert-OH is 1. The van der Waals surface area contributed by atoms with Crippen LogP contribution in [0.2, 0.25) is 0 Å². The monoisotopic (exact) mass is 268 g/mol. The first-order chi connectivity index (χ1) is 8.99. The van der Waals surface area contributed by atoms with Crippen LogP contribution in [-0.2, 0) is 6.54 Å². The number of hydrogen-bond donors (Lipinski definition) is 2. The normalized spacial score (nSPS) is 12.5. The maximum absolute atomic E-state index is 13.7. The molecule has 0 saturated heterocycles. The Labute approximate surface area is 111 Å². The molecule has 0 bridgehead atoms. The Hall–Kier alpha value is -1.51. The van der Waals surface area contributed by atoms with Gasteiger partial charge in [0.1, 0.15) is 11.6 Å². The number of aliphatic hydroxyl groups is 1. The first kappa shape index (κ1) is 15.5. The second-order valence-electron chi connectivity index (χ2n) is 4.77. The van der Waals surface area contributed by atoms with Crippen LogP contribution >= 0.6 is 0 Å². The molecule has 1 aromatic rings. The molecule has 0 heterocycles. The highest BCUT2D eigenvalue weighted by Crippen LogP contribution is 2.16. The maximum Gasteiger partial charge on any atom is 0.131 e. The van der Waals surface area contributed by atoms with Gasteiger partial charge in [-0.05, 0) is 24.5 Å². The lowest BCUT2D eigenvalue weighted by molar-refractivity contribution is 0.243. The van der Waals surface area contributed by atoms with Gasteiger partial charge in [0.05, 0.1) is 11.6 Å². The Morgan fingerprint density at radius 1 is 1.32 bits per heavy atom. The second kappa shape index (κ2) is 7.17. The van der Waals surface area contributed by atoms with Crippen molar-refractivity contribution in [3.8, 4) is 6.07 Å². The summed E-state index contributed by atoms with van der Waals surface area (Å²) in [6.45, 7) is 4.00. The van der Waals surface area contributed by atoms with Crippen LogP contribution in [0.1, 0.15) is 31.4 Å². The van der Waals surface area contributed by atoms with Crippen molar-refractivity contribution in [3.63, 3.8) is 0 Å². The molecule has 1 aromatic carbocycles. The van der Waals surface area contributed by atoms with E-state index in [0.29, 0.717) is 6.42 Å². The van der Waals surface area contributed by atoms with E-state index in [9.17, 15) is 8.78 Å². The van der Waals surface area contributed by atoms with Crippen LogP contribution in [-0.4, -0.2) is 17.8 Å². The third-order valence-corrected chi connectivity index (χ3v) is 3.06. The molecule has 0 aliphatic rings. The number of nitrogens with zero attached hydrogens (tertiary/aromatic N) is 1. The van der Waals surface area contributed by atoms with Crippen LogP contribution in [0, 0.1) is 28.9 Å². The van der Waals surface area contributed by atoms with Crippen molar-refractivity contribution >= 4 is 0 Å². The minimum Gasteiger partial charge on any atom is -0.396 e. The van der Waals surface area contributed by atoms with Crippen LogP contribution < -0.4 is 5.32 Å². The van der Waals surface area contributed by atoms with Crippen molar-refractivity contribution in [1.29, 1.82) is 5.26 Å². The van der Waals surface area contributed by atoms with Gasteiger partial charge >= 0.3 is 0 Å². The summed E-state index contributed by atoms with van der Waals surface area (Å²) in [5.74, 6) is -1.21. The third-order valence-electron chi connectivity index (χ3n) is 3.06. The molecule has 104 valence electrons. The molecule has 3 nitrogen and oxygen atoms in total. The van der Waals surface area contributed by atoms with E-state index in [0.717, 1.165) is 12.1 Å². The molecule has 19 heavy (non-hydrogen) atoms. The Balaban J connectivity index is 2.80. The lowest BCUT2D eigenvalue weighted by Gasteiger charge is -2.22. The van der Waals surface area contributed by atoms with Gasteiger partial charge < -0.3 is 10.4 Å². The molecule has 2 N–H and O–H groups in total. The fourth-order valence-electron chi connectivity index (χ4n) is 1.88. The lowest BCUT2D eigenvalue weighted by atomic mass is 10.0. The summed E-state index contributed by atoms with van der Waals surface area (Å²) in [6, 6.07) is 3.74. The zero-order chi connectivity index (χ0) is 14.4. The van der Waals surface area contributed by atoms with Gasteiger partial charge in [0, 0.05) is 24.8 Å². The SMILES string of the molecule is CC(C)C(CCO)NCc1c(F)cc(C#N)cc1F. The van der Waals surface area contributed by atoms with Crippen LogP contribution in [0.15, 0.2) is 12.1 Å². The summed E-state index contributed by atoms with van der Waals surface area (Å²) < 4.78 is 27.3. The fraction of sp³-hybridized carbons (Fsp3) is 0.500. The molecule has 0 aromatic heterocycles. The Morgan fingerprint density at radius 2 is 1.89 bits per heavy atom. The summed E-state index contributed by atoms with van der Waals surface area (Å²) in [6.07, 6.45) is 0.525. The van der Waals surface area contributed by atoms with Crippen LogP contribution in [0.5, 0.6) is 0 Å². The van der Waals surface area contributed by atoms with E-state index in [2.05, 4.69) is 5.32 Å². The van der Waals surface area contributed by atoms with Crippen molar-refractivity contribution in [2.75, 3.05) is 6.61 Å². The Bertz CT molecular complexity index is 446. The third kappa shape index (κ3) is 4.27. The lowest BCUT2D eigenvalue weighted by Crippen LogP contribution is -2.34. The van der Waals surface area contributed by atoms with Gasteiger partial charge in [0.25, 0.3) is 0 Å². The summed E-state index contributed by atoms with van der Waals surface area (Å²) in [5, 5.41) is 20.6. The molecular weight excluding hydrogens is 250 g/mol. The summed E-state index contributed by atoms with van der Waals surface area (Å²) in [4.78, 5) is 0. The van der Waals surface area contributed by atoms with Gasteiger partial charge in [-0.1, -0.05) is 13.8 Å². The van der Waals surface area contributed by atoms with Crippen molar-refractivity contribution in [1.82, 2.24) is 5.32 Å². The molecule has 0 spiro atoms. The van der Waals surface area contributed by atoms with Crippen LogP contribution in [0.3, 0.4) is 0 Å². The maximum atomic E-state index is 13.7. The molecule has 0 radical (unpaired) electrons. The summed E-state index contributed by atoms with van der Waals surface area (Å²) >= 11 is 0. The molecular formula is C14H18F2N2O. The zero-order valence-electron chi connectivity index (χ0n) is 11.1. The van der Waals surface area contributed by atoms with Gasteiger partial charge in [-0.3, -0.25) is 0 Å². The number of benzene rings is 1. The van der Waals surface area contributed by atoms with Gasteiger partial charge in [-0.25, -0.2) is 8.78 Å². The topological polar surface area (TPSA) is 56.0 Å². The minimum atomic E-state index is -0.726. The van der Waals surface area contributed by atoms with E-state index in [4.69, 9.17) is 10.4 Å². The number of halogens is 2. The summed E-state index contributed by atoms with van der Waals surface area (Å²) in [7, 11) is 0. The van der Waals surface area contributed by atoms with E-state index in [1.165, 1.54) is 0 Å². The number of hydrogen-bond acceptors (Lipinski definition) is 3. The van der Waals surface area contributed by atoms with E-state index < -0.39 is 11.6 Å². The molecule has 0 fully saturated rings. The molecule has 1 rings (SSSR count). The summed E-state index contributed by atoms with van der Waals surface area (Å²) in [5.41, 5.74) is -0.114. The largest absolute Gasteiger partial charge is 0.396 e. The van der Waals surface area contributed by atoms with Crippen molar-refractivity contribution in [3.05, 3.63) is 34.9 Å². The predicted octanol–water partition coefficient (Wildman–Crippen LogP) is 2.33. The molecule has 0 saturated carbocycles. The average molecular weight is 268 g/mol. The number of nitrogens with one attached hydrogen (secondary N) is 1.